The van der Waals surface area contributed by atoms with Crippen LogP contribution in [0.25, 0.3) is 0 Å². The van der Waals surface area contributed by atoms with E-state index < -0.39 is 0 Å². The second-order valence-electron chi connectivity index (χ2n) is 2.48. The first-order chi connectivity index (χ1) is 3.84. The van der Waals surface area contributed by atoms with Gasteiger partial charge in [0.05, 0.1) is 0 Å². The Kier molecular flexibility index (Phi) is 2.60. The van der Waals surface area contributed by atoms with Crippen LogP contribution in [0.15, 0.2) is 0 Å². The van der Waals surface area contributed by atoms with Crippen LogP contribution in [0.5, 0.6) is 0 Å². The normalized spacial score (nSPS) is 30.8. The van der Waals surface area contributed by atoms with Crippen molar-refractivity contribution in [3.63, 3.8) is 0 Å². The van der Waals surface area contributed by atoms with E-state index in [4.69, 9.17) is 0 Å². The van der Waals surface area contributed by atoms with E-state index in [9.17, 15) is 0 Å². The van der Waals surface area contributed by atoms with Crippen LogP contribution in [-0.4, -0.2) is 12.8 Å². The van der Waals surface area contributed by atoms with Crippen LogP contribution in [-0.2, 0) is 0 Å². The van der Waals surface area contributed by atoms with Gasteiger partial charge >= 0.3 is 59.3 Å². The first kappa shape index (κ1) is 6.84. The molecule has 1 aliphatic rings. The van der Waals surface area contributed by atoms with Crippen LogP contribution in [0.1, 0.15) is 26.7 Å². The number of unbranched alkanes of at least 4 members (excludes halogenated alkanes) is 1. The Morgan fingerprint density at radius 3 is 2.62 bits per heavy atom. The second kappa shape index (κ2) is 3.04. The monoisotopic (exact) mass is 226 g/mol. The molecule has 0 saturated carbocycles. The summed E-state index contributed by atoms with van der Waals surface area (Å²) in [5.74, 6) is 0. The number of rotatable bonds is 3. The van der Waals surface area contributed by atoms with E-state index in [-0.39, 0.29) is 19.8 Å². The Morgan fingerprint density at radius 1 is 1.62 bits per heavy atom. The van der Waals surface area contributed by atoms with Gasteiger partial charge in [0.2, 0.25) is 0 Å². The summed E-state index contributed by atoms with van der Waals surface area (Å²) in [7, 11) is 0. The van der Waals surface area contributed by atoms with Crippen molar-refractivity contribution in [2.24, 2.45) is 0 Å². The molecule has 1 rings (SSSR count). The Labute approximate surface area is 59.4 Å². The first-order valence-electron chi connectivity index (χ1n) is 3.45. The van der Waals surface area contributed by atoms with Crippen molar-refractivity contribution in [2.75, 3.05) is 8.86 Å². The molecule has 50 valence electrons. The van der Waals surface area contributed by atoms with Crippen molar-refractivity contribution in [3.05, 3.63) is 0 Å². The van der Waals surface area contributed by atoms with Crippen molar-refractivity contribution < 1.29 is 0 Å². The molecule has 0 N–H and O–H groups in total. The summed E-state index contributed by atoms with van der Waals surface area (Å²) in [5.41, 5.74) is 0. The molecule has 0 nitrogen and oxygen atoms in total. The average molecular weight is 226 g/mol. The van der Waals surface area contributed by atoms with E-state index >= 15 is 0 Å². The maximum atomic E-state index is 2.43. The minimum absolute atomic E-state index is 0.180. The van der Waals surface area contributed by atoms with Gasteiger partial charge in [0, 0.05) is 0 Å². The Morgan fingerprint density at radius 2 is 2.25 bits per heavy atom. The zero-order chi connectivity index (χ0) is 5.98. The van der Waals surface area contributed by atoms with Gasteiger partial charge in [-0.15, -0.1) is 0 Å². The number of hydrogen-bond donors (Lipinski definition) is 0. The Hall–Kier alpha value is 0.730. The fourth-order valence-electron chi connectivity index (χ4n) is 0.808. The van der Waals surface area contributed by atoms with Crippen LogP contribution in [0.3, 0.4) is 0 Å². The first-order valence-corrected chi connectivity index (χ1v) is 7.74. The molecule has 0 amide bonds. The molecule has 8 heavy (non-hydrogen) atoms. The van der Waals surface area contributed by atoms with Gasteiger partial charge in [-0.05, 0) is 0 Å². The third-order valence-electron chi connectivity index (χ3n) is 1.57. The summed E-state index contributed by atoms with van der Waals surface area (Å²) in [6, 6.07) is 0. The van der Waals surface area contributed by atoms with E-state index in [0.29, 0.717) is 0 Å². The van der Waals surface area contributed by atoms with Crippen molar-refractivity contribution in [2.45, 2.75) is 30.6 Å². The third-order valence-corrected chi connectivity index (χ3v) is 8.48. The fourth-order valence-corrected chi connectivity index (χ4v) is 7.00. The van der Waals surface area contributed by atoms with Gasteiger partial charge in [0.15, 0.2) is 0 Å². The summed E-state index contributed by atoms with van der Waals surface area (Å²) in [6.45, 7) is 4.73. The number of hydrogen-bond acceptors (Lipinski definition) is 0. The molecule has 1 aliphatic heterocycles. The van der Waals surface area contributed by atoms with Crippen LogP contribution in [0, 0.1) is 0 Å². The van der Waals surface area contributed by atoms with Gasteiger partial charge < -0.3 is 0 Å². The number of halogens is 1. The van der Waals surface area contributed by atoms with E-state index in [0.717, 1.165) is 0 Å². The van der Waals surface area contributed by atoms with Gasteiger partial charge in [0.25, 0.3) is 0 Å². The molecule has 0 spiro atoms. The van der Waals surface area contributed by atoms with E-state index in [1.807, 2.05) is 0 Å². The predicted molar refractivity (Wildman–Crippen MR) is 48.1 cm³/mol. The van der Waals surface area contributed by atoms with Gasteiger partial charge in [-0.2, -0.15) is 0 Å². The van der Waals surface area contributed by atoms with E-state index in [1.165, 1.54) is 16.8 Å². The SMILES string of the molecule is CCCCI1CC1C. The molecule has 0 aromatic rings. The Balaban J connectivity index is 1.89. The van der Waals surface area contributed by atoms with Gasteiger partial charge in [-0.1, -0.05) is 0 Å². The molecule has 1 unspecified atom stereocenters. The standard InChI is InChI=1S/C7H15I/c1-3-4-5-8-6-7(8)2/h7H,3-6H2,1-2H3. The van der Waals surface area contributed by atoms with Crippen LogP contribution < -0.4 is 0 Å². The maximum absolute atomic E-state index is 2.43. The van der Waals surface area contributed by atoms with Crippen molar-refractivity contribution in [1.82, 2.24) is 0 Å². The molecule has 0 bridgehead atoms. The molecule has 0 aliphatic carbocycles. The molecule has 1 heterocycles. The van der Waals surface area contributed by atoms with E-state index in [2.05, 4.69) is 13.8 Å². The topological polar surface area (TPSA) is 0 Å². The fraction of sp³-hybridized carbons (Fsp3) is 1.00. The summed E-state index contributed by atoms with van der Waals surface area (Å²) >= 11 is -0.180. The molecule has 1 atom stereocenters. The molecule has 1 saturated heterocycles. The summed E-state index contributed by atoms with van der Waals surface area (Å²) in [6.07, 6.45) is 2.94. The molecular formula is C7H15I. The van der Waals surface area contributed by atoms with Crippen molar-refractivity contribution in [3.8, 4) is 0 Å². The summed E-state index contributed by atoms with van der Waals surface area (Å²) in [5, 5.41) is 0. The van der Waals surface area contributed by atoms with E-state index in [1.54, 1.807) is 8.86 Å². The predicted octanol–water partition coefficient (Wildman–Crippen LogP) is 2.70. The zero-order valence-electron chi connectivity index (χ0n) is 5.78. The summed E-state index contributed by atoms with van der Waals surface area (Å²) < 4.78 is 4.55. The molecule has 0 aromatic heterocycles. The molecule has 1 heteroatoms. The van der Waals surface area contributed by atoms with Crippen LogP contribution in [0.2, 0.25) is 0 Å². The average Bonchev–Trinajstić information content (AvgIpc) is 2.42. The van der Waals surface area contributed by atoms with Gasteiger partial charge in [0.1, 0.15) is 0 Å². The van der Waals surface area contributed by atoms with Crippen molar-refractivity contribution >= 4 is 19.8 Å². The van der Waals surface area contributed by atoms with Crippen LogP contribution >= 0.6 is 19.8 Å². The molecule has 1 fully saturated rings. The molecular weight excluding hydrogens is 211 g/mol. The van der Waals surface area contributed by atoms with Crippen molar-refractivity contribution in [1.29, 1.82) is 0 Å². The minimum atomic E-state index is -0.180. The second-order valence-corrected chi connectivity index (χ2v) is 9.40. The molecule has 0 aromatic carbocycles. The summed E-state index contributed by atoms with van der Waals surface area (Å²) in [4.78, 5) is 0. The zero-order valence-corrected chi connectivity index (χ0v) is 7.94. The Bertz CT molecular complexity index is 70.8. The quantitative estimate of drug-likeness (QED) is 0.512. The van der Waals surface area contributed by atoms with Crippen LogP contribution in [0.4, 0.5) is 0 Å². The third kappa shape index (κ3) is 1.92. The van der Waals surface area contributed by atoms with Gasteiger partial charge in [-0.3, -0.25) is 0 Å². The number of alkyl halides is 3. The van der Waals surface area contributed by atoms with Gasteiger partial charge in [-0.25, -0.2) is 0 Å². The molecule has 0 radical (unpaired) electrons.